The number of aromatic hydroxyl groups is 1. The van der Waals surface area contributed by atoms with Crippen LogP contribution in [0, 0.1) is 0 Å². The van der Waals surface area contributed by atoms with Crippen molar-refractivity contribution in [3.05, 3.63) is 29.6 Å². The number of hydrogen-bond acceptors (Lipinski definition) is 5. The van der Waals surface area contributed by atoms with Crippen molar-refractivity contribution in [2.75, 3.05) is 11.9 Å². The zero-order chi connectivity index (χ0) is 13.9. The molecule has 1 aromatic heterocycles. The summed E-state index contributed by atoms with van der Waals surface area (Å²) >= 11 is 1.38. The van der Waals surface area contributed by atoms with Crippen LogP contribution in [0.25, 0.3) is 11.3 Å². The van der Waals surface area contributed by atoms with Crippen LogP contribution in [0.1, 0.15) is 12.8 Å². The van der Waals surface area contributed by atoms with Gasteiger partial charge in [-0.1, -0.05) is 12.1 Å². The summed E-state index contributed by atoms with van der Waals surface area (Å²) in [6, 6.07) is 6.80. The lowest BCUT2D eigenvalue weighted by molar-refractivity contribution is -0.117. The van der Waals surface area contributed by atoms with Crippen LogP contribution >= 0.6 is 23.7 Å². The Kier molecular flexibility index (Phi) is 5.17. The number of anilines is 1. The highest BCUT2D eigenvalue weighted by Crippen LogP contribution is 2.27. The number of aromatic nitrogens is 1. The van der Waals surface area contributed by atoms with Crippen LogP contribution in [0.2, 0.25) is 0 Å². The number of rotatable bonds is 3. The van der Waals surface area contributed by atoms with Crippen molar-refractivity contribution in [3.8, 4) is 17.0 Å². The first-order chi connectivity index (χ1) is 9.72. The molecule has 112 valence electrons. The number of thiazole rings is 1. The van der Waals surface area contributed by atoms with Gasteiger partial charge in [-0.2, -0.15) is 0 Å². The molecular weight excluding hydrogens is 310 g/mol. The molecule has 0 bridgehead atoms. The van der Waals surface area contributed by atoms with Gasteiger partial charge in [0.15, 0.2) is 5.13 Å². The zero-order valence-corrected chi connectivity index (χ0v) is 12.8. The standard InChI is InChI=1S/C14H15N3O2S.ClH/c18-10-4-1-3-9(7-10)12-8-20-14(16-12)17-13(19)11-5-2-6-15-11;/h1,3-4,7-8,11,15,18H,2,5-6H2,(H,16,17,19);1H. The molecular formula is C14H16ClN3O2S. The molecule has 1 aliphatic rings. The van der Waals surface area contributed by atoms with Crippen molar-refractivity contribution in [2.45, 2.75) is 18.9 Å². The number of carbonyl (C=O) groups excluding carboxylic acids is 1. The Labute approximate surface area is 132 Å². The summed E-state index contributed by atoms with van der Waals surface area (Å²) in [4.78, 5) is 16.3. The molecule has 0 aliphatic carbocycles. The molecule has 2 heterocycles. The van der Waals surface area contributed by atoms with E-state index in [2.05, 4.69) is 15.6 Å². The SMILES string of the molecule is Cl.O=C(Nc1nc(-c2cccc(O)c2)cs1)C1CCCN1. The molecule has 1 amide bonds. The molecule has 21 heavy (non-hydrogen) atoms. The van der Waals surface area contributed by atoms with Crippen LogP contribution in [-0.4, -0.2) is 28.6 Å². The first-order valence-electron chi connectivity index (χ1n) is 6.51. The molecule has 3 N–H and O–H groups in total. The molecule has 1 fully saturated rings. The average Bonchev–Trinajstić information content (AvgIpc) is 3.10. The van der Waals surface area contributed by atoms with E-state index in [0.717, 1.165) is 30.6 Å². The lowest BCUT2D eigenvalue weighted by Gasteiger charge is -2.08. The summed E-state index contributed by atoms with van der Waals surface area (Å²) in [5.41, 5.74) is 1.58. The fourth-order valence-electron chi connectivity index (χ4n) is 2.23. The van der Waals surface area contributed by atoms with E-state index >= 15 is 0 Å². The van der Waals surface area contributed by atoms with Gasteiger partial charge in [0, 0.05) is 10.9 Å². The number of phenolic OH excluding ortho intramolecular Hbond substituents is 1. The minimum absolute atomic E-state index is 0. The molecule has 0 spiro atoms. The van der Waals surface area contributed by atoms with E-state index in [1.807, 2.05) is 11.4 Å². The highest BCUT2D eigenvalue weighted by atomic mass is 35.5. The van der Waals surface area contributed by atoms with Crippen molar-refractivity contribution >= 4 is 34.8 Å². The summed E-state index contributed by atoms with van der Waals surface area (Å²) < 4.78 is 0. The first-order valence-corrected chi connectivity index (χ1v) is 7.39. The maximum absolute atomic E-state index is 12.0. The van der Waals surface area contributed by atoms with Crippen LogP contribution in [0.15, 0.2) is 29.6 Å². The Bertz CT molecular complexity index is 626. The van der Waals surface area contributed by atoms with E-state index in [-0.39, 0.29) is 30.1 Å². The number of carbonyl (C=O) groups is 1. The lowest BCUT2D eigenvalue weighted by Crippen LogP contribution is -2.35. The van der Waals surface area contributed by atoms with Gasteiger partial charge in [-0.25, -0.2) is 4.98 Å². The number of benzene rings is 1. The van der Waals surface area contributed by atoms with Crippen molar-refractivity contribution in [3.63, 3.8) is 0 Å². The fourth-order valence-corrected chi connectivity index (χ4v) is 2.95. The quantitative estimate of drug-likeness (QED) is 0.811. The first kappa shape index (κ1) is 15.8. The third kappa shape index (κ3) is 3.72. The molecule has 7 heteroatoms. The van der Waals surface area contributed by atoms with Gasteiger partial charge < -0.3 is 15.7 Å². The summed E-state index contributed by atoms with van der Waals surface area (Å²) in [5, 5.41) is 17.9. The van der Waals surface area contributed by atoms with Crippen LogP contribution in [-0.2, 0) is 4.79 Å². The molecule has 2 aromatic rings. The molecule has 1 atom stereocenters. The van der Waals surface area contributed by atoms with Gasteiger partial charge in [0.1, 0.15) is 5.75 Å². The molecule has 0 radical (unpaired) electrons. The smallest absolute Gasteiger partial charge is 0.243 e. The highest BCUT2D eigenvalue weighted by Gasteiger charge is 2.22. The van der Waals surface area contributed by atoms with Gasteiger partial charge in [-0.15, -0.1) is 23.7 Å². The second kappa shape index (κ2) is 6.89. The Hall–Kier alpha value is -1.63. The van der Waals surface area contributed by atoms with Crippen LogP contribution in [0.5, 0.6) is 5.75 Å². The average molecular weight is 326 g/mol. The summed E-state index contributed by atoms with van der Waals surface area (Å²) in [7, 11) is 0. The van der Waals surface area contributed by atoms with E-state index in [0.29, 0.717) is 5.13 Å². The third-order valence-electron chi connectivity index (χ3n) is 3.25. The van der Waals surface area contributed by atoms with Crippen LogP contribution in [0.4, 0.5) is 5.13 Å². The minimum atomic E-state index is -0.108. The maximum atomic E-state index is 12.0. The van der Waals surface area contributed by atoms with Gasteiger partial charge >= 0.3 is 0 Å². The van der Waals surface area contributed by atoms with Gasteiger partial charge in [-0.05, 0) is 31.5 Å². The normalized spacial score (nSPS) is 17.2. The summed E-state index contributed by atoms with van der Waals surface area (Å²) in [6.07, 6.45) is 1.90. The number of amides is 1. The van der Waals surface area contributed by atoms with Crippen molar-refractivity contribution in [1.82, 2.24) is 10.3 Å². The summed E-state index contributed by atoms with van der Waals surface area (Å²) in [6.45, 7) is 0.893. The Morgan fingerprint density at radius 3 is 3.05 bits per heavy atom. The van der Waals surface area contributed by atoms with Gasteiger partial charge in [-0.3, -0.25) is 4.79 Å². The lowest BCUT2D eigenvalue weighted by atomic mass is 10.2. The van der Waals surface area contributed by atoms with Crippen LogP contribution in [0.3, 0.4) is 0 Å². The number of nitrogens with zero attached hydrogens (tertiary/aromatic N) is 1. The number of nitrogens with one attached hydrogen (secondary N) is 2. The molecule has 1 aliphatic heterocycles. The van der Waals surface area contributed by atoms with Crippen molar-refractivity contribution in [2.24, 2.45) is 0 Å². The predicted molar refractivity (Wildman–Crippen MR) is 86.1 cm³/mol. The maximum Gasteiger partial charge on any atom is 0.243 e. The fraction of sp³-hybridized carbons (Fsp3) is 0.286. The topological polar surface area (TPSA) is 74.2 Å². The van der Waals surface area contributed by atoms with Crippen LogP contribution < -0.4 is 10.6 Å². The van der Waals surface area contributed by atoms with E-state index in [9.17, 15) is 9.90 Å². The van der Waals surface area contributed by atoms with E-state index in [1.165, 1.54) is 11.3 Å². The van der Waals surface area contributed by atoms with Gasteiger partial charge in [0.25, 0.3) is 0 Å². The van der Waals surface area contributed by atoms with Gasteiger partial charge in [0.2, 0.25) is 5.91 Å². The number of halogens is 1. The number of hydrogen-bond donors (Lipinski definition) is 3. The third-order valence-corrected chi connectivity index (χ3v) is 4.01. The second-order valence-corrected chi connectivity index (χ2v) is 5.58. The second-order valence-electron chi connectivity index (χ2n) is 4.73. The molecule has 1 unspecified atom stereocenters. The molecule has 5 nitrogen and oxygen atoms in total. The zero-order valence-electron chi connectivity index (χ0n) is 11.2. The van der Waals surface area contributed by atoms with Crippen molar-refractivity contribution in [1.29, 1.82) is 0 Å². The van der Waals surface area contributed by atoms with E-state index in [1.54, 1.807) is 18.2 Å². The molecule has 0 saturated carbocycles. The Morgan fingerprint density at radius 2 is 2.33 bits per heavy atom. The summed E-state index contributed by atoms with van der Waals surface area (Å²) in [5.74, 6) is 0.176. The minimum Gasteiger partial charge on any atom is -0.508 e. The van der Waals surface area contributed by atoms with Crippen molar-refractivity contribution < 1.29 is 9.90 Å². The molecule has 1 saturated heterocycles. The largest absolute Gasteiger partial charge is 0.508 e. The highest BCUT2D eigenvalue weighted by molar-refractivity contribution is 7.14. The molecule has 3 rings (SSSR count). The van der Waals surface area contributed by atoms with E-state index < -0.39 is 0 Å². The van der Waals surface area contributed by atoms with Gasteiger partial charge in [0.05, 0.1) is 11.7 Å². The van der Waals surface area contributed by atoms with E-state index in [4.69, 9.17) is 0 Å². The monoisotopic (exact) mass is 325 g/mol. The Morgan fingerprint density at radius 1 is 1.48 bits per heavy atom. The number of phenols is 1. The Balaban J connectivity index is 0.00000161. The predicted octanol–water partition coefficient (Wildman–Crippen LogP) is 2.63. The molecule has 1 aromatic carbocycles.